The fourth-order valence-electron chi connectivity index (χ4n) is 6.16. The molecule has 2 aliphatic heterocycles. The molecule has 0 saturated carbocycles. The smallest absolute Gasteiger partial charge is 0.430 e. The van der Waals surface area contributed by atoms with Crippen molar-refractivity contribution in [2.75, 3.05) is 32.2 Å². The molecule has 4 N–H and O–H groups in total. The topological polar surface area (TPSA) is 181 Å². The fraction of sp³-hybridized carbons (Fsp3) is 0.389. The number of anilines is 1. The van der Waals surface area contributed by atoms with E-state index in [2.05, 4.69) is 12.4 Å². The third-order valence-electron chi connectivity index (χ3n) is 8.49. The summed E-state index contributed by atoms with van der Waals surface area (Å²) in [5.41, 5.74) is 8.68. The molecule has 2 heterocycles. The molecule has 13 nitrogen and oxygen atoms in total. The number of alkyl halides is 3. The van der Waals surface area contributed by atoms with Crippen molar-refractivity contribution in [2.24, 2.45) is 5.73 Å². The van der Waals surface area contributed by atoms with E-state index in [0.29, 0.717) is 35.2 Å². The molecule has 3 amide bonds. The number of nitrogens with one attached hydrogen (secondary N) is 1. The van der Waals surface area contributed by atoms with E-state index in [4.69, 9.17) is 29.8 Å². The monoisotopic (exact) mass is 730 g/mol. The number of carboxylic acid groups (broad SMARTS) is 1. The Balaban J connectivity index is 0.000000785. The van der Waals surface area contributed by atoms with E-state index in [-0.39, 0.29) is 31.1 Å². The van der Waals surface area contributed by atoms with Crippen LogP contribution in [0.4, 0.5) is 23.7 Å². The Bertz CT molecular complexity index is 1740. The second kappa shape index (κ2) is 16.7. The summed E-state index contributed by atoms with van der Waals surface area (Å²) >= 11 is 0. The van der Waals surface area contributed by atoms with Crippen molar-refractivity contribution >= 4 is 29.6 Å². The standard InChI is InChI=1S/C34H40N4O7.C2HF3O2/c1-22(2)45-33(41)25-9-11-26(12-10-25)36-34(42)37(29(32(35)40)17-23-6-13-28(39)14-7-23)27-5-4-16-38(3,20-27)19-24-8-15-30-31(18-24)44-21-43-30;3-2(4,5)1(6)7/h6-15,18,22,27,29H,4-5,16-17,19-21H2,1-3H3,(H3-,35,36,39,40,41,42);(H,6,7)/t27-,29+,38?;/m1./s1. The molecule has 0 aromatic heterocycles. The van der Waals surface area contributed by atoms with E-state index in [1.165, 1.54) is 0 Å². The zero-order valence-electron chi connectivity index (χ0n) is 28.9. The van der Waals surface area contributed by atoms with E-state index < -0.39 is 36.1 Å². The number of ether oxygens (including phenoxy) is 3. The number of primary amides is 1. The molecule has 52 heavy (non-hydrogen) atoms. The minimum absolute atomic E-state index is 0.105. The van der Waals surface area contributed by atoms with Crippen LogP contribution in [-0.2, 0) is 27.3 Å². The number of carboxylic acids is 1. The predicted octanol–water partition coefficient (Wildman–Crippen LogP) is 3.72. The Morgan fingerprint density at radius 3 is 2.23 bits per heavy atom. The summed E-state index contributed by atoms with van der Waals surface area (Å²) in [7, 11) is 2.15. The third-order valence-corrected chi connectivity index (χ3v) is 8.49. The maximum absolute atomic E-state index is 14.1. The van der Waals surface area contributed by atoms with Crippen LogP contribution in [0.25, 0.3) is 0 Å². The van der Waals surface area contributed by atoms with Crippen molar-refractivity contribution in [1.29, 1.82) is 0 Å². The molecule has 1 unspecified atom stereocenters. The number of likely N-dealkylation sites (tertiary alicyclic amines) is 1. The molecule has 1 fully saturated rings. The number of carbonyl (C=O) groups is 4. The van der Waals surface area contributed by atoms with Crippen LogP contribution in [0.15, 0.2) is 66.7 Å². The van der Waals surface area contributed by atoms with Crippen molar-refractivity contribution < 1.29 is 61.3 Å². The Kier molecular flexibility index (Phi) is 12.6. The summed E-state index contributed by atoms with van der Waals surface area (Å²) in [6, 6.07) is 17.2. The molecule has 280 valence electrons. The molecule has 3 atom stereocenters. The van der Waals surface area contributed by atoms with Gasteiger partial charge in [0.1, 0.15) is 24.3 Å². The van der Waals surface area contributed by atoms with Crippen molar-refractivity contribution in [2.45, 2.75) is 64.0 Å². The first-order valence-electron chi connectivity index (χ1n) is 16.4. The quantitative estimate of drug-likeness (QED) is 0.207. The van der Waals surface area contributed by atoms with Crippen LogP contribution < -0.4 is 25.6 Å². The highest BCUT2D eigenvalue weighted by Crippen LogP contribution is 2.34. The molecule has 0 aliphatic carbocycles. The van der Waals surface area contributed by atoms with Crippen LogP contribution in [0.2, 0.25) is 0 Å². The number of phenolic OH excluding ortho intramolecular Hbond substituents is 1. The lowest BCUT2D eigenvalue weighted by Crippen LogP contribution is -2.62. The largest absolute Gasteiger partial charge is 0.542 e. The summed E-state index contributed by atoms with van der Waals surface area (Å²) in [5.74, 6) is -2.53. The summed E-state index contributed by atoms with van der Waals surface area (Å²) in [6.45, 7) is 5.96. The molecule has 3 aromatic carbocycles. The van der Waals surface area contributed by atoms with Gasteiger partial charge in [0.25, 0.3) is 0 Å². The van der Waals surface area contributed by atoms with E-state index in [1.807, 2.05) is 18.2 Å². The number of benzene rings is 3. The number of likely N-dealkylation sites (N-methyl/N-ethyl adjacent to an activating group) is 1. The third kappa shape index (κ3) is 10.7. The summed E-state index contributed by atoms with van der Waals surface area (Å²) in [4.78, 5) is 49.8. The second-order valence-corrected chi connectivity index (χ2v) is 13.1. The van der Waals surface area contributed by atoms with E-state index in [0.717, 1.165) is 35.6 Å². The SMILES string of the molecule is CC(C)OC(=O)c1ccc(NC(=O)N([C@@H]2CCC[N+](C)(Cc3ccc4c(c3)OCO4)C2)[C@@H](Cc2ccc(O)cc2)C(N)=O)cc1.O=C([O-])C(F)(F)F. The number of hydrogen-bond donors (Lipinski definition) is 3. The number of amides is 3. The van der Waals surface area contributed by atoms with Crippen LogP contribution in [0.1, 0.15) is 48.2 Å². The number of hydrogen-bond acceptors (Lipinski definition) is 9. The lowest BCUT2D eigenvalue weighted by molar-refractivity contribution is -0.928. The number of rotatable bonds is 10. The number of nitrogens with zero attached hydrogens (tertiary/aromatic N) is 2. The van der Waals surface area contributed by atoms with Gasteiger partial charge in [0.05, 0.1) is 37.8 Å². The highest BCUT2D eigenvalue weighted by Gasteiger charge is 2.41. The number of phenols is 1. The van der Waals surface area contributed by atoms with Crippen LogP contribution in [0.5, 0.6) is 17.2 Å². The van der Waals surface area contributed by atoms with Crippen LogP contribution in [0, 0.1) is 0 Å². The van der Waals surface area contributed by atoms with E-state index in [1.54, 1.807) is 67.3 Å². The molecule has 3 aromatic rings. The zero-order chi connectivity index (χ0) is 38.2. The van der Waals surface area contributed by atoms with Gasteiger partial charge < -0.3 is 49.7 Å². The van der Waals surface area contributed by atoms with Gasteiger partial charge in [-0.15, -0.1) is 0 Å². The average Bonchev–Trinajstić information content (AvgIpc) is 3.53. The number of aliphatic carboxylic acids is 1. The number of fused-ring (bicyclic) bond motifs is 1. The average molecular weight is 731 g/mol. The number of piperidine rings is 1. The van der Waals surface area contributed by atoms with Gasteiger partial charge in [-0.25, -0.2) is 9.59 Å². The van der Waals surface area contributed by atoms with Gasteiger partial charge in [-0.3, -0.25) is 4.79 Å². The number of esters is 1. The Morgan fingerprint density at radius 2 is 1.63 bits per heavy atom. The number of quaternary nitrogens is 1. The van der Waals surface area contributed by atoms with E-state index in [9.17, 15) is 32.7 Å². The normalized spacial score (nSPS) is 18.4. The summed E-state index contributed by atoms with van der Waals surface area (Å²) in [6.07, 6.45) is -3.73. The predicted molar refractivity (Wildman–Crippen MR) is 179 cm³/mol. The number of halogens is 3. The first-order chi connectivity index (χ1) is 24.4. The Labute approximate surface area is 298 Å². The second-order valence-electron chi connectivity index (χ2n) is 13.1. The molecule has 0 radical (unpaired) electrons. The van der Waals surface area contributed by atoms with Gasteiger partial charge in [-0.1, -0.05) is 12.1 Å². The van der Waals surface area contributed by atoms with Crippen LogP contribution >= 0.6 is 0 Å². The van der Waals surface area contributed by atoms with Gasteiger partial charge in [0, 0.05) is 17.7 Å². The molecular formula is C36H41F3N4O9. The highest BCUT2D eigenvalue weighted by atomic mass is 19.4. The minimum atomic E-state index is -5.19. The molecule has 16 heteroatoms. The lowest BCUT2D eigenvalue weighted by atomic mass is 9.96. The van der Waals surface area contributed by atoms with Gasteiger partial charge in [0.2, 0.25) is 12.7 Å². The first kappa shape index (κ1) is 39.3. The molecule has 2 aliphatic rings. The van der Waals surface area contributed by atoms with Crippen LogP contribution in [0.3, 0.4) is 0 Å². The molecule has 0 bridgehead atoms. The Hall–Kier alpha value is -5.51. The molecular weight excluding hydrogens is 689 g/mol. The lowest BCUT2D eigenvalue weighted by Gasteiger charge is -2.46. The van der Waals surface area contributed by atoms with Crippen molar-refractivity contribution in [3.8, 4) is 17.2 Å². The van der Waals surface area contributed by atoms with Crippen molar-refractivity contribution in [1.82, 2.24) is 4.90 Å². The number of urea groups is 1. The molecule has 0 spiro atoms. The zero-order valence-corrected chi connectivity index (χ0v) is 28.9. The van der Waals surface area contributed by atoms with Gasteiger partial charge >= 0.3 is 18.2 Å². The first-order valence-corrected chi connectivity index (χ1v) is 16.4. The minimum Gasteiger partial charge on any atom is -0.542 e. The maximum atomic E-state index is 14.1. The molecule has 5 rings (SSSR count). The van der Waals surface area contributed by atoms with Crippen LogP contribution in [-0.4, -0.2) is 89.7 Å². The fourth-order valence-corrected chi connectivity index (χ4v) is 6.16. The van der Waals surface area contributed by atoms with Gasteiger partial charge in [-0.05, 0) is 86.8 Å². The van der Waals surface area contributed by atoms with Crippen molar-refractivity contribution in [3.05, 3.63) is 83.4 Å². The van der Waals surface area contributed by atoms with Crippen molar-refractivity contribution in [3.63, 3.8) is 0 Å². The highest BCUT2D eigenvalue weighted by molar-refractivity contribution is 5.95. The number of nitrogens with two attached hydrogens (primary N) is 1. The number of aromatic hydroxyl groups is 1. The number of carbonyl (C=O) groups excluding carboxylic acids is 4. The van der Waals surface area contributed by atoms with Gasteiger partial charge in [0.15, 0.2) is 11.5 Å². The Morgan fingerprint density at radius 1 is 1.02 bits per heavy atom. The molecule has 1 saturated heterocycles. The summed E-state index contributed by atoms with van der Waals surface area (Å²) < 4.78 is 48.5. The van der Waals surface area contributed by atoms with E-state index >= 15 is 0 Å². The van der Waals surface area contributed by atoms with Gasteiger partial charge in [-0.2, -0.15) is 13.2 Å². The summed E-state index contributed by atoms with van der Waals surface area (Å²) in [5, 5.41) is 21.5. The maximum Gasteiger partial charge on any atom is 0.430 e.